The Kier molecular flexibility index (Phi) is 5.02. The van der Waals surface area contributed by atoms with Gasteiger partial charge in [0, 0.05) is 20.7 Å². The fraction of sp³-hybridized carbons (Fsp3) is 0.174. The van der Waals surface area contributed by atoms with Crippen molar-refractivity contribution in [1.82, 2.24) is 19.2 Å². The van der Waals surface area contributed by atoms with E-state index in [1.165, 1.54) is 10.4 Å². The Balaban J connectivity index is 1.57. The van der Waals surface area contributed by atoms with Gasteiger partial charge in [-0.05, 0) is 54.7 Å². The summed E-state index contributed by atoms with van der Waals surface area (Å²) < 4.78 is 3.71. The highest BCUT2D eigenvalue weighted by Gasteiger charge is 2.26. The number of thiophene rings is 1. The highest BCUT2D eigenvalue weighted by molar-refractivity contribution is 7.98. The van der Waals surface area contributed by atoms with E-state index in [1.54, 1.807) is 33.7 Å². The Morgan fingerprint density at radius 3 is 2.72 bits per heavy atom. The third-order valence-corrected chi connectivity index (χ3v) is 8.57. The van der Waals surface area contributed by atoms with E-state index >= 15 is 0 Å². The summed E-state index contributed by atoms with van der Waals surface area (Å²) in [6, 6.07) is 15.1. The number of halogens is 2. The lowest BCUT2D eigenvalue weighted by Gasteiger charge is -2.10. The Labute approximate surface area is 201 Å². The molecule has 1 aliphatic carbocycles. The molecule has 160 valence electrons. The summed E-state index contributed by atoms with van der Waals surface area (Å²) in [5.41, 5.74) is 2.92. The molecule has 32 heavy (non-hydrogen) atoms. The number of rotatable bonds is 4. The van der Waals surface area contributed by atoms with Crippen LogP contribution in [0.25, 0.3) is 21.7 Å². The molecule has 0 spiro atoms. The SMILES string of the molecule is O=c1c2c3c(sc2n2c(SCc4ccc(Cl)cc4Cl)nnc2n1-c1ccccc1)CCC3. The molecule has 0 bridgehead atoms. The molecule has 0 saturated heterocycles. The Morgan fingerprint density at radius 1 is 1.06 bits per heavy atom. The number of nitrogens with zero attached hydrogens (tertiary/aromatic N) is 4. The first-order valence-corrected chi connectivity index (χ1v) is 12.7. The summed E-state index contributed by atoms with van der Waals surface area (Å²) in [6.07, 6.45) is 3.06. The van der Waals surface area contributed by atoms with Crippen LogP contribution >= 0.6 is 46.3 Å². The van der Waals surface area contributed by atoms with Gasteiger partial charge in [-0.2, -0.15) is 0 Å². The molecule has 5 nitrogen and oxygen atoms in total. The van der Waals surface area contributed by atoms with Crippen molar-refractivity contribution in [2.45, 2.75) is 30.2 Å². The van der Waals surface area contributed by atoms with Crippen LogP contribution in [0.4, 0.5) is 0 Å². The molecule has 9 heteroatoms. The number of benzene rings is 2. The van der Waals surface area contributed by atoms with Gasteiger partial charge in [-0.25, -0.2) is 8.97 Å². The van der Waals surface area contributed by atoms with E-state index in [0.29, 0.717) is 21.6 Å². The molecular weight excluding hydrogens is 483 g/mol. The number of hydrogen-bond acceptors (Lipinski definition) is 5. The zero-order chi connectivity index (χ0) is 21.8. The number of hydrogen-bond donors (Lipinski definition) is 0. The molecule has 5 aromatic rings. The van der Waals surface area contributed by atoms with Gasteiger partial charge in [-0.15, -0.1) is 21.5 Å². The zero-order valence-electron chi connectivity index (χ0n) is 16.7. The first-order chi connectivity index (χ1) is 15.6. The topological polar surface area (TPSA) is 52.2 Å². The standard InChI is InChI=1S/C23H16Cl2N4OS2/c24-14-10-9-13(17(25)11-14)12-31-23-27-26-22-28(15-5-2-1-3-6-15)20(30)19-16-7-4-8-18(16)32-21(19)29(22)23/h1-3,5-6,9-11H,4,7-8,12H2. The molecule has 0 aliphatic heterocycles. The molecule has 0 fully saturated rings. The molecule has 0 saturated carbocycles. The van der Waals surface area contributed by atoms with Gasteiger partial charge in [0.25, 0.3) is 5.56 Å². The zero-order valence-corrected chi connectivity index (χ0v) is 19.9. The van der Waals surface area contributed by atoms with Crippen LogP contribution in [-0.2, 0) is 18.6 Å². The van der Waals surface area contributed by atoms with Gasteiger partial charge in [0.15, 0.2) is 5.16 Å². The molecule has 0 amide bonds. The summed E-state index contributed by atoms with van der Waals surface area (Å²) in [6.45, 7) is 0. The van der Waals surface area contributed by atoms with Gasteiger partial charge in [-0.1, -0.05) is 59.2 Å². The largest absolute Gasteiger partial charge is 0.268 e. The number of fused-ring (bicyclic) bond motifs is 5. The van der Waals surface area contributed by atoms with E-state index in [2.05, 4.69) is 10.2 Å². The van der Waals surface area contributed by atoms with Crippen LogP contribution in [0.3, 0.4) is 0 Å². The third kappa shape index (κ3) is 3.18. The second kappa shape index (κ2) is 7.92. The minimum absolute atomic E-state index is 0.0252. The maximum absolute atomic E-state index is 13.7. The van der Waals surface area contributed by atoms with E-state index in [-0.39, 0.29) is 5.56 Å². The average Bonchev–Trinajstić information content (AvgIpc) is 3.48. The number of aromatic nitrogens is 4. The maximum atomic E-state index is 13.7. The predicted octanol–water partition coefficient (Wildman–Crippen LogP) is 6.18. The van der Waals surface area contributed by atoms with E-state index < -0.39 is 0 Å². The third-order valence-electron chi connectivity index (χ3n) is 5.73. The van der Waals surface area contributed by atoms with Crippen molar-refractivity contribution in [3.05, 3.63) is 84.9 Å². The minimum atomic E-state index is -0.0252. The van der Waals surface area contributed by atoms with Crippen molar-refractivity contribution in [2.75, 3.05) is 0 Å². The van der Waals surface area contributed by atoms with E-state index in [9.17, 15) is 4.79 Å². The van der Waals surface area contributed by atoms with Gasteiger partial charge in [0.05, 0.1) is 11.1 Å². The second-order valence-electron chi connectivity index (χ2n) is 7.66. The second-order valence-corrected chi connectivity index (χ2v) is 10.5. The van der Waals surface area contributed by atoms with Crippen LogP contribution < -0.4 is 5.56 Å². The van der Waals surface area contributed by atoms with Gasteiger partial charge in [0.2, 0.25) is 5.78 Å². The number of thioether (sulfide) groups is 1. The van der Waals surface area contributed by atoms with E-state index in [1.807, 2.05) is 46.9 Å². The van der Waals surface area contributed by atoms with Crippen LogP contribution in [0.5, 0.6) is 0 Å². The van der Waals surface area contributed by atoms with Gasteiger partial charge in [0.1, 0.15) is 4.83 Å². The predicted molar refractivity (Wildman–Crippen MR) is 132 cm³/mol. The highest BCUT2D eigenvalue weighted by atomic mass is 35.5. The average molecular weight is 499 g/mol. The molecule has 0 unspecified atom stereocenters. The van der Waals surface area contributed by atoms with Crippen LogP contribution in [0.2, 0.25) is 10.0 Å². The lowest BCUT2D eigenvalue weighted by atomic mass is 10.2. The Hall–Kier alpha value is -2.32. The van der Waals surface area contributed by atoms with Crippen molar-refractivity contribution < 1.29 is 0 Å². The van der Waals surface area contributed by atoms with Crippen LogP contribution in [-0.4, -0.2) is 19.2 Å². The molecule has 6 rings (SSSR count). The summed E-state index contributed by atoms with van der Waals surface area (Å²) in [5, 5.41) is 11.7. The fourth-order valence-corrected chi connectivity index (χ4v) is 7.17. The first kappa shape index (κ1) is 20.3. The summed E-state index contributed by atoms with van der Waals surface area (Å²) in [4.78, 5) is 15.9. The summed E-state index contributed by atoms with van der Waals surface area (Å²) in [7, 11) is 0. The number of aryl methyl sites for hydroxylation is 2. The molecule has 2 aromatic carbocycles. The fourth-order valence-electron chi connectivity index (χ4n) is 4.24. The van der Waals surface area contributed by atoms with Gasteiger partial charge < -0.3 is 0 Å². The smallest absolute Gasteiger partial charge is 0.268 e. The van der Waals surface area contributed by atoms with Crippen molar-refractivity contribution in [3.63, 3.8) is 0 Å². The summed E-state index contributed by atoms with van der Waals surface area (Å²) in [5.74, 6) is 1.15. The maximum Gasteiger partial charge on any atom is 0.268 e. The minimum Gasteiger partial charge on any atom is -0.268 e. The van der Waals surface area contributed by atoms with E-state index in [0.717, 1.165) is 45.9 Å². The van der Waals surface area contributed by atoms with Crippen LogP contribution in [0.15, 0.2) is 58.5 Å². The Morgan fingerprint density at radius 2 is 1.91 bits per heavy atom. The van der Waals surface area contributed by atoms with E-state index in [4.69, 9.17) is 23.2 Å². The lowest BCUT2D eigenvalue weighted by Crippen LogP contribution is -2.21. The van der Waals surface area contributed by atoms with Crippen molar-refractivity contribution in [2.24, 2.45) is 0 Å². The lowest BCUT2D eigenvalue weighted by molar-refractivity contribution is 0.910. The molecule has 0 atom stereocenters. The molecule has 0 radical (unpaired) electrons. The number of para-hydroxylation sites is 1. The summed E-state index contributed by atoms with van der Waals surface area (Å²) >= 11 is 15.7. The molecule has 1 aliphatic rings. The van der Waals surface area contributed by atoms with Crippen LogP contribution in [0, 0.1) is 0 Å². The molecule has 3 aromatic heterocycles. The normalized spacial score (nSPS) is 13.3. The van der Waals surface area contributed by atoms with Gasteiger partial charge in [-0.3, -0.25) is 4.79 Å². The van der Waals surface area contributed by atoms with Gasteiger partial charge >= 0.3 is 0 Å². The monoisotopic (exact) mass is 498 g/mol. The molecular formula is C23H16Cl2N4OS2. The Bertz CT molecular complexity index is 1560. The van der Waals surface area contributed by atoms with Crippen molar-refractivity contribution >= 4 is 62.3 Å². The van der Waals surface area contributed by atoms with Crippen LogP contribution in [0.1, 0.15) is 22.4 Å². The highest BCUT2D eigenvalue weighted by Crippen LogP contribution is 2.38. The van der Waals surface area contributed by atoms with Crippen molar-refractivity contribution in [1.29, 1.82) is 0 Å². The first-order valence-electron chi connectivity index (χ1n) is 10.2. The quantitative estimate of drug-likeness (QED) is 0.277. The molecule has 0 N–H and O–H groups in total. The van der Waals surface area contributed by atoms with Crippen molar-refractivity contribution in [3.8, 4) is 5.69 Å². The molecule has 3 heterocycles.